The van der Waals surface area contributed by atoms with Gasteiger partial charge in [0.25, 0.3) is 0 Å². The van der Waals surface area contributed by atoms with Gasteiger partial charge in [0.05, 0.1) is 13.2 Å². The second-order valence-corrected chi connectivity index (χ2v) is 7.87. The first-order valence-corrected chi connectivity index (χ1v) is 9.70. The highest BCUT2D eigenvalue weighted by Crippen LogP contribution is 2.29. The van der Waals surface area contributed by atoms with E-state index >= 15 is 0 Å². The van der Waals surface area contributed by atoms with E-state index in [9.17, 15) is 13.2 Å². The highest BCUT2D eigenvalue weighted by Gasteiger charge is 2.27. The Morgan fingerprint density at radius 1 is 1.35 bits per heavy atom. The van der Waals surface area contributed by atoms with E-state index in [0.717, 1.165) is 9.87 Å². The molecule has 2 rings (SSSR count). The lowest BCUT2D eigenvalue weighted by Crippen LogP contribution is -2.38. The second-order valence-electron chi connectivity index (χ2n) is 5.42. The number of aromatic nitrogens is 1. The maximum Gasteiger partial charge on any atom is 0.247 e. The minimum Gasteiger partial charge on any atom is -0.492 e. The lowest BCUT2D eigenvalue weighted by molar-refractivity contribution is -0.121. The first-order valence-electron chi connectivity index (χ1n) is 7.89. The highest BCUT2D eigenvalue weighted by atomic mass is 35.5. The van der Waals surface area contributed by atoms with Gasteiger partial charge in [0.15, 0.2) is 0 Å². The van der Waals surface area contributed by atoms with Crippen LogP contribution in [0.3, 0.4) is 0 Å². The molecule has 7 nitrogen and oxygen atoms in total. The summed E-state index contributed by atoms with van der Waals surface area (Å²) < 4.78 is 31.9. The van der Waals surface area contributed by atoms with Gasteiger partial charge < -0.3 is 10.1 Å². The molecular weight excluding hydrogens is 378 g/mol. The molecule has 1 aromatic carbocycles. The third kappa shape index (κ3) is 5.17. The van der Waals surface area contributed by atoms with Crippen molar-refractivity contribution in [3.05, 3.63) is 53.3 Å². The minimum atomic E-state index is -3.94. The number of benzene rings is 1. The molecule has 0 spiro atoms. The van der Waals surface area contributed by atoms with Crippen LogP contribution in [0.15, 0.2) is 47.6 Å². The summed E-state index contributed by atoms with van der Waals surface area (Å²) in [5, 5.41) is 2.93. The normalized spacial score (nSPS) is 11.4. The standard InChI is InChI=1S/C17H20ClN3O4S/c1-3-25-15-7-6-14(18)9-16(15)26(23,24)21(2)12-17(22)20-11-13-5-4-8-19-10-13/h4-10H,3,11-12H2,1-2H3,(H,20,22). The molecule has 0 aliphatic rings. The average Bonchev–Trinajstić information content (AvgIpc) is 2.62. The van der Waals surface area contributed by atoms with Crippen LogP contribution in [0.2, 0.25) is 5.02 Å². The van der Waals surface area contributed by atoms with Crippen LogP contribution in [0.5, 0.6) is 5.75 Å². The second kappa shape index (κ2) is 8.98. The van der Waals surface area contributed by atoms with Crippen molar-refractivity contribution >= 4 is 27.5 Å². The molecule has 0 bridgehead atoms. The molecule has 1 aromatic heterocycles. The Kier molecular flexibility index (Phi) is 6.96. The number of hydrogen-bond acceptors (Lipinski definition) is 5. The molecule has 0 aliphatic carbocycles. The molecule has 9 heteroatoms. The van der Waals surface area contributed by atoms with E-state index in [0.29, 0.717) is 6.61 Å². The zero-order valence-corrected chi connectivity index (χ0v) is 16.0. The van der Waals surface area contributed by atoms with Crippen LogP contribution in [0.4, 0.5) is 0 Å². The smallest absolute Gasteiger partial charge is 0.247 e. The van der Waals surface area contributed by atoms with E-state index in [2.05, 4.69) is 10.3 Å². The Labute approximate surface area is 158 Å². The summed E-state index contributed by atoms with van der Waals surface area (Å²) in [6.45, 7) is 1.99. The molecule has 26 heavy (non-hydrogen) atoms. The van der Waals surface area contributed by atoms with Crippen molar-refractivity contribution in [3.63, 3.8) is 0 Å². The number of sulfonamides is 1. The monoisotopic (exact) mass is 397 g/mol. The predicted molar refractivity (Wildman–Crippen MR) is 98.5 cm³/mol. The summed E-state index contributed by atoms with van der Waals surface area (Å²) in [6, 6.07) is 7.92. The molecule has 0 saturated carbocycles. The molecule has 0 aliphatic heterocycles. The number of likely N-dealkylation sites (N-methyl/N-ethyl adjacent to an activating group) is 1. The van der Waals surface area contributed by atoms with Gasteiger partial charge in [-0.15, -0.1) is 0 Å². The Bertz CT molecular complexity index is 860. The Hall–Kier alpha value is -2.16. The van der Waals surface area contributed by atoms with Crippen molar-refractivity contribution in [3.8, 4) is 5.75 Å². The summed E-state index contributed by atoms with van der Waals surface area (Å²) in [4.78, 5) is 16.0. The molecule has 0 radical (unpaired) electrons. The molecule has 0 fully saturated rings. The van der Waals surface area contributed by atoms with Crippen LogP contribution >= 0.6 is 11.6 Å². The topological polar surface area (TPSA) is 88.6 Å². The van der Waals surface area contributed by atoms with Crippen LogP contribution in [0, 0.1) is 0 Å². The number of pyridine rings is 1. The Balaban J connectivity index is 2.09. The van der Waals surface area contributed by atoms with E-state index in [-0.39, 0.29) is 28.8 Å². The van der Waals surface area contributed by atoms with Gasteiger partial charge in [-0.3, -0.25) is 9.78 Å². The van der Waals surface area contributed by atoms with Crippen molar-refractivity contribution in [2.75, 3.05) is 20.2 Å². The van der Waals surface area contributed by atoms with E-state index < -0.39 is 15.9 Å². The van der Waals surface area contributed by atoms with Gasteiger partial charge in [-0.05, 0) is 36.8 Å². The van der Waals surface area contributed by atoms with Gasteiger partial charge >= 0.3 is 0 Å². The fourth-order valence-electron chi connectivity index (χ4n) is 2.17. The molecule has 1 heterocycles. The Morgan fingerprint density at radius 3 is 2.77 bits per heavy atom. The van der Waals surface area contributed by atoms with Gasteiger partial charge in [0.1, 0.15) is 10.6 Å². The minimum absolute atomic E-state index is 0.0746. The van der Waals surface area contributed by atoms with Crippen LogP contribution in [-0.2, 0) is 21.4 Å². The molecule has 1 N–H and O–H groups in total. The van der Waals surface area contributed by atoms with Gasteiger partial charge in [0.2, 0.25) is 15.9 Å². The number of carbonyl (C=O) groups excluding carboxylic acids is 1. The van der Waals surface area contributed by atoms with E-state index in [1.807, 2.05) is 6.07 Å². The number of ether oxygens (including phenoxy) is 1. The summed E-state index contributed by atoms with van der Waals surface area (Å²) in [5.74, 6) is -0.237. The summed E-state index contributed by atoms with van der Waals surface area (Å²) in [6.07, 6.45) is 3.26. The maximum atomic E-state index is 12.8. The lowest BCUT2D eigenvalue weighted by Gasteiger charge is -2.19. The fourth-order valence-corrected chi connectivity index (χ4v) is 3.69. The molecule has 0 unspecified atom stereocenters. The van der Waals surface area contributed by atoms with E-state index in [1.165, 1.54) is 19.2 Å². The lowest BCUT2D eigenvalue weighted by atomic mass is 10.3. The number of nitrogens with one attached hydrogen (secondary N) is 1. The predicted octanol–water partition coefficient (Wildman–Crippen LogP) is 2.07. The average molecular weight is 398 g/mol. The number of halogens is 1. The molecule has 0 saturated heterocycles. The fraction of sp³-hybridized carbons (Fsp3) is 0.294. The number of nitrogens with zero attached hydrogens (tertiary/aromatic N) is 2. The van der Waals surface area contributed by atoms with Crippen LogP contribution in [-0.4, -0.2) is 43.8 Å². The number of rotatable bonds is 8. The number of hydrogen-bond donors (Lipinski definition) is 1. The molecule has 140 valence electrons. The van der Waals surface area contributed by atoms with Crippen molar-refractivity contribution < 1.29 is 17.9 Å². The SMILES string of the molecule is CCOc1ccc(Cl)cc1S(=O)(=O)N(C)CC(=O)NCc1cccnc1. The summed E-state index contributed by atoms with van der Waals surface area (Å²) >= 11 is 5.93. The van der Waals surface area contributed by atoms with E-state index in [1.54, 1.807) is 31.5 Å². The third-order valence-electron chi connectivity index (χ3n) is 3.47. The summed E-state index contributed by atoms with van der Waals surface area (Å²) in [5.41, 5.74) is 0.819. The van der Waals surface area contributed by atoms with Crippen molar-refractivity contribution in [1.82, 2.24) is 14.6 Å². The molecule has 1 amide bonds. The molecular formula is C17H20ClN3O4S. The zero-order chi connectivity index (χ0) is 19.2. The largest absolute Gasteiger partial charge is 0.492 e. The zero-order valence-electron chi connectivity index (χ0n) is 14.5. The van der Waals surface area contributed by atoms with Gasteiger partial charge in [-0.1, -0.05) is 17.7 Å². The van der Waals surface area contributed by atoms with Crippen LogP contribution in [0.1, 0.15) is 12.5 Å². The van der Waals surface area contributed by atoms with Gasteiger partial charge in [-0.25, -0.2) is 8.42 Å². The van der Waals surface area contributed by atoms with Crippen LogP contribution < -0.4 is 10.1 Å². The maximum absolute atomic E-state index is 12.8. The van der Waals surface area contributed by atoms with E-state index in [4.69, 9.17) is 16.3 Å². The number of carbonyl (C=O) groups is 1. The van der Waals surface area contributed by atoms with Crippen molar-refractivity contribution in [2.24, 2.45) is 0 Å². The summed E-state index contributed by atoms with van der Waals surface area (Å²) in [7, 11) is -2.61. The molecule has 2 aromatic rings. The highest BCUT2D eigenvalue weighted by molar-refractivity contribution is 7.89. The quantitative estimate of drug-likeness (QED) is 0.736. The van der Waals surface area contributed by atoms with Crippen molar-refractivity contribution in [2.45, 2.75) is 18.4 Å². The third-order valence-corrected chi connectivity index (χ3v) is 5.53. The first-order chi connectivity index (χ1) is 12.3. The van der Waals surface area contributed by atoms with Gasteiger partial charge in [-0.2, -0.15) is 4.31 Å². The van der Waals surface area contributed by atoms with Crippen LogP contribution in [0.25, 0.3) is 0 Å². The van der Waals surface area contributed by atoms with Crippen molar-refractivity contribution in [1.29, 1.82) is 0 Å². The Morgan fingerprint density at radius 2 is 2.12 bits per heavy atom. The number of amides is 1. The molecule has 0 atom stereocenters. The first kappa shape index (κ1) is 20.2. The van der Waals surface area contributed by atoms with Gasteiger partial charge in [0, 0.05) is 31.0 Å².